The maximum atomic E-state index is 11.8. The molecular formula is C13H16N4O. The summed E-state index contributed by atoms with van der Waals surface area (Å²) in [4.78, 5) is 18.7. The van der Waals surface area contributed by atoms with Crippen molar-refractivity contribution in [2.24, 2.45) is 0 Å². The molecule has 0 unspecified atom stereocenters. The SMILES string of the molecule is CCC(=O)c1cnn2ccc(N3CCCC3)nc12. The Labute approximate surface area is 105 Å². The van der Waals surface area contributed by atoms with E-state index in [1.54, 1.807) is 10.7 Å². The molecule has 0 spiro atoms. The zero-order valence-electron chi connectivity index (χ0n) is 10.5. The molecule has 1 saturated heterocycles. The molecule has 0 aliphatic carbocycles. The van der Waals surface area contributed by atoms with E-state index >= 15 is 0 Å². The van der Waals surface area contributed by atoms with E-state index in [1.165, 1.54) is 12.8 Å². The van der Waals surface area contributed by atoms with Crippen molar-refractivity contribution in [3.8, 4) is 0 Å². The quantitative estimate of drug-likeness (QED) is 0.774. The predicted molar refractivity (Wildman–Crippen MR) is 69.1 cm³/mol. The van der Waals surface area contributed by atoms with Crippen molar-refractivity contribution in [2.75, 3.05) is 18.0 Å². The summed E-state index contributed by atoms with van der Waals surface area (Å²) in [7, 11) is 0. The van der Waals surface area contributed by atoms with Crippen molar-refractivity contribution in [3.05, 3.63) is 24.0 Å². The van der Waals surface area contributed by atoms with Gasteiger partial charge in [-0.05, 0) is 18.9 Å². The molecule has 3 rings (SSSR count). The van der Waals surface area contributed by atoms with Crippen molar-refractivity contribution in [2.45, 2.75) is 26.2 Å². The number of nitrogens with zero attached hydrogens (tertiary/aromatic N) is 4. The number of hydrogen-bond acceptors (Lipinski definition) is 4. The standard InChI is InChI=1S/C13H16N4O/c1-2-11(18)10-9-14-17-8-5-12(15-13(10)17)16-6-3-4-7-16/h5,8-9H,2-4,6-7H2,1H3. The van der Waals surface area contributed by atoms with Crippen LogP contribution in [0.15, 0.2) is 18.5 Å². The van der Waals surface area contributed by atoms with Gasteiger partial charge in [0.05, 0.1) is 11.8 Å². The van der Waals surface area contributed by atoms with Gasteiger partial charge in [0.15, 0.2) is 11.4 Å². The molecule has 0 amide bonds. The average Bonchev–Trinajstić information content (AvgIpc) is 3.06. The van der Waals surface area contributed by atoms with Crippen LogP contribution in [0.5, 0.6) is 0 Å². The lowest BCUT2D eigenvalue weighted by molar-refractivity contribution is 0.0989. The van der Waals surface area contributed by atoms with Crippen LogP contribution in [0.1, 0.15) is 36.5 Å². The Bertz CT molecular complexity index is 584. The van der Waals surface area contributed by atoms with Crippen LogP contribution in [0.4, 0.5) is 5.82 Å². The van der Waals surface area contributed by atoms with E-state index in [9.17, 15) is 4.79 Å². The lowest BCUT2D eigenvalue weighted by Crippen LogP contribution is -2.19. The van der Waals surface area contributed by atoms with Crippen LogP contribution in [0, 0.1) is 0 Å². The van der Waals surface area contributed by atoms with E-state index in [0.717, 1.165) is 18.9 Å². The first-order chi connectivity index (χ1) is 8.79. The minimum absolute atomic E-state index is 0.0936. The summed E-state index contributed by atoms with van der Waals surface area (Å²) >= 11 is 0. The molecule has 0 atom stereocenters. The molecule has 0 bridgehead atoms. The van der Waals surface area contributed by atoms with Crippen molar-refractivity contribution in [1.29, 1.82) is 0 Å². The van der Waals surface area contributed by atoms with Crippen LogP contribution in [-0.4, -0.2) is 33.5 Å². The molecule has 5 heteroatoms. The molecule has 1 fully saturated rings. The maximum Gasteiger partial charge on any atom is 0.168 e. The third kappa shape index (κ3) is 1.75. The fraction of sp³-hybridized carbons (Fsp3) is 0.462. The second kappa shape index (κ2) is 4.40. The molecule has 18 heavy (non-hydrogen) atoms. The summed E-state index contributed by atoms with van der Waals surface area (Å²) in [5.41, 5.74) is 1.30. The van der Waals surface area contributed by atoms with Gasteiger partial charge in [-0.3, -0.25) is 4.79 Å². The number of carbonyl (C=O) groups excluding carboxylic acids is 1. The summed E-state index contributed by atoms with van der Waals surface area (Å²) in [6.07, 6.45) is 6.40. The first-order valence-electron chi connectivity index (χ1n) is 6.42. The second-order valence-electron chi connectivity index (χ2n) is 4.58. The Morgan fingerprint density at radius 3 is 2.89 bits per heavy atom. The number of Topliss-reactive ketones (excluding diaryl/α,β-unsaturated/α-hetero) is 1. The van der Waals surface area contributed by atoms with Gasteiger partial charge in [-0.25, -0.2) is 9.50 Å². The van der Waals surface area contributed by atoms with Crippen molar-refractivity contribution in [1.82, 2.24) is 14.6 Å². The van der Waals surface area contributed by atoms with Gasteiger partial charge in [-0.2, -0.15) is 5.10 Å². The normalized spacial score (nSPS) is 15.5. The average molecular weight is 244 g/mol. The van der Waals surface area contributed by atoms with E-state index in [-0.39, 0.29) is 5.78 Å². The van der Waals surface area contributed by atoms with Crippen LogP contribution in [0.25, 0.3) is 5.65 Å². The number of aromatic nitrogens is 3. The molecule has 2 aromatic heterocycles. The summed E-state index contributed by atoms with van der Waals surface area (Å²) in [6.45, 7) is 3.96. The lowest BCUT2D eigenvalue weighted by atomic mass is 10.2. The Hall–Kier alpha value is -1.91. The van der Waals surface area contributed by atoms with Gasteiger partial charge < -0.3 is 4.90 Å². The molecule has 2 aromatic rings. The van der Waals surface area contributed by atoms with Gasteiger partial charge in [0.2, 0.25) is 0 Å². The first-order valence-corrected chi connectivity index (χ1v) is 6.42. The molecule has 0 aromatic carbocycles. The third-order valence-electron chi connectivity index (χ3n) is 3.41. The first kappa shape index (κ1) is 11.2. The monoisotopic (exact) mass is 244 g/mol. The van der Waals surface area contributed by atoms with Crippen LogP contribution in [0.3, 0.4) is 0 Å². The van der Waals surface area contributed by atoms with Gasteiger partial charge in [-0.1, -0.05) is 6.92 Å². The van der Waals surface area contributed by atoms with E-state index in [1.807, 2.05) is 19.2 Å². The molecule has 5 nitrogen and oxygen atoms in total. The summed E-state index contributed by atoms with van der Waals surface area (Å²) in [5, 5.41) is 4.17. The van der Waals surface area contributed by atoms with Crippen molar-refractivity contribution in [3.63, 3.8) is 0 Å². The minimum atomic E-state index is 0.0936. The molecule has 0 saturated carbocycles. The number of rotatable bonds is 3. The topological polar surface area (TPSA) is 50.5 Å². The molecule has 1 aliphatic rings. The highest BCUT2D eigenvalue weighted by molar-refractivity contribution is 6.01. The highest BCUT2D eigenvalue weighted by Crippen LogP contribution is 2.20. The van der Waals surface area contributed by atoms with E-state index in [2.05, 4.69) is 15.0 Å². The van der Waals surface area contributed by atoms with E-state index in [0.29, 0.717) is 17.6 Å². The predicted octanol–water partition coefficient (Wildman–Crippen LogP) is 1.92. The zero-order valence-corrected chi connectivity index (χ0v) is 10.5. The van der Waals surface area contributed by atoms with Crippen LogP contribution in [0.2, 0.25) is 0 Å². The fourth-order valence-electron chi connectivity index (χ4n) is 2.37. The third-order valence-corrected chi connectivity index (χ3v) is 3.41. The summed E-state index contributed by atoms with van der Waals surface area (Å²) in [6, 6.07) is 1.96. The molecule has 0 radical (unpaired) electrons. The molecular weight excluding hydrogens is 228 g/mol. The van der Waals surface area contributed by atoms with Crippen LogP contribution >= 0.6 is 0 Å². The molecule has 0 N–H and O–H groups in total. The Kier molecular flexibility index (Phi) is 2.74. The van der Waals surface area contributed by atoms with E-state index in [4.69, 9.17) is 0 Å². The van der Waals surface area contributed by atoms with Crippen LogP contribution < -0.4 is 4.90 Å². The number of hydrogen-bond donors (Lipinski definition) is 0. The van der Waals surface area contributed by atoms with Gasteiger partial charge >= 0.3 is 0 Å². The minimum Gasteiger partial charge on any atom is -0.357 e. The number of carbonyl (C=O) groups is 1. The highest BCUT2D eigenvalue weighted by atomic mass is 16.1. The zero-order chi connectivity index (χ0) is 12.5. The second-order valence-corrected chi connectivity index (χ2v) is 4.58. The van der Waals surface area contributed by atoms with Gasteiger partial charge in [-0.15, -0.1) is 0 Å². The molecule has 94 valence electrons. The van der Waals surface area contributed by atoms with Gasteiger partial charge in [0.1, 0.15) is 5.82 Å². The van der Waals surface area contributed by atoms with E-state index < -0.39 is 0 Å². The number of fused-ring (bicyclic) bond motifs is 1. The number of ketones is 1. The largest absolute Gasteiger partial charge is 0.357 e. The number of anilines is 1. The van der Waals surface area contributed by atoms with Gasteiger partial charge in [0, 0.05) is 25.7 Å². The summed E-state index contributed by atoms with van der Waals surface area (Å²) in [5.74, 6) is 1.04. The molecule has 3 heterocycles. The van der Waals surface area contributed by atoms with Crippen molar-refractivity contribution >= 4 is 17.2 Å². The fourth-order valence-corrected chi connectivity index (χ4v) is 2.37. The molecule has 1 aliphatic heterocycles. The highest BCUT2D eigenvalue weighted by Gasteiger charge is 2.17. The van der Waals surface area contributed by atoms with Crippen molar-refractivity contribution < 1.29 is 4.79 Å². The van der Waals surface area contributed by atoms with Gasteiger partial charge in [0.25, 0.3) is 0 Å². The lowest BCUT2D eigenvalue weighted by Gasteiger charge is -2.15. The Morgan fingerprint density at radius 2 is 2.17 bits per heavy atom. The van der Waals surface area contributed by atoms with Crippen LogP contribution in [-0.2, 0) is 0 Å². The smallest absolute Gasteiger partial charge is 0.168 e. The Morgan fingerprint density at radius 1 is 1.39 bits per heavy atom. The summed E-state index contributed by atoms with van der Waals surface area (Å²) < 4.78 is 1.67. The maximum absolute atomic E-state index is 11.8. The Balaban J connectivity index is 2.06.